The fraction of sp³-hybridized carbons (Fsp3) is 0.444. The maximum absolute atomic E-state index is 12.2. The second-order valence-corrected chi connectivity index (χ2v) is 6.45. The van der Waals surface area contributed by atoms with Crippen LogP contribution in [0.5, 0.6) is 0 Å². The summed E-state index contributed by atoms with van der Waals surface area (Å²) in [5.74, 6) is 11.6. The molecule has 0 spiro atoms. The van der Waals surface area contributed by atoms with Gasteiger partial charge in [-0.2, -0.15) is 16.4 Å². The van der Waals surface area contributed by atoms with Crippen molar-refractivity contribution in [3.63, 3.8) is 0 Å². The van der Waals surface area contributed by atoms with E-state index in [1.54, 1.807) is 30.3 Å². The minimum atomic E-state index is -0.258. The number of rotatable bonds is 10. The average Bonchev–Trinajstić information content (AvgIpc) is 2.83. The van der Waals surface area contributed by atoms with Crippen LogP contribution in [0.4, 0.5) is 0 Å². The first-order valence-electron chi connectivity index (χ1n) is 8.71. The molecule has 2 amide bonds. The van der Waals surface area contributed by atoms with E-state index < -0.39 is 0 Å². The standard InChI is InChI=1S/C18H28N5O2.4BrH/c19-11-5-1-2-7-13-23(20,21)14-8-6-12-22-17(24)15-9-3-4-10-16(15)18(22)25;;;;/h3-4,6,8-10H,1-2,5,7,11-14,19-21H2;4*1H/q+1;;;;/p-1. The second-order valence-electron chi connectivity index (χ2n) is 6.45. The predicted octanol–water partition coefficient (Wildman–Crippen LogP) is -0.340. The van der Waals surface area contributed by atoms with Crippen molar-refractivity contribution in [2.45, 2.75) is 25.7 Å². The van der Waals surface area contributed by atoms with Crippen molar-refractivity contribution in [3.8, 4) is 0 Å². The Morgan fingerprint density at radius 1 is 0.862 bits per heavy atom. The molecule has 2 rings (SSSR count). The van der Waals surface area contributed by atoms with Crippen molar-refractivity contribution in [2.24, 2.45) is 17.4 Å². The maximum Gasteiger partial charge on any atom is 0.261 e. The lowest BCUT2D eigenvalue weighted by Crippen LogP contribution is -3.00. The van der Waals surface area contributed by atoms with Gasteiger partial charge in [0.1, 0.15) is 13.1 Å². The summed E-state index contributed by atoms with van der Waals surface area (Å²) in [5.41, 5.74) is 6.38. The number of unbranched alkanes of at least 4 members (excludes halogenated alkanes) is 3. The molecule has 7 nitrogen and oxygen atoms in total. The number of fused-ring (bicyclic) bond motifs is 1. The summed E-state index contributed by atoms with van der Waals surface area (Å²) < 4.78 is -0.0960. The summed E-state index contributed by atoms with van der Waals surface area (Å²) in [6.45, 7) is 2.05. The summed E-state index contributed by atoms with van der Waals surface area (Å²) in [7, 11) is 0. The molecule has 1 heterocycles. The number of benzene rings is 1. The van der Waals surface area contributed by atoms with Gasteiger partial charge in [-0.3, -0.25) is 14.5 Å². The Kier molecular flexibility index (Phi) is 19.1. The van der Waals surface area contributed by atoms with Gasteiger partial charge in [0.15, 0.2) is 0 Å². The van der Waals surface area contributed by atoms with E-state index in [4.69, 9.17) is 17.4 Å². The Morgan fingerprint density at radius 2 is 1.38 bits per heavy atom. The van der Waals surface area contributed by atoms with E-state index in [1.807, 2.05) is 6.08 Å². The van der Waals surface area contributed by atoms with E-state index >= 15 is 0 Å². The van der Waals surface area contributed by atoms with Gasteiger partial charge in [0, 0.05) is 13.0 Å². The van der Waals surface area contributed by atoms with Gasteiger partial charge in [0.05, 0.1) is 11.1 Å². The van der Waals surface area contributed by atoms with Crippen molar-refractivity contribution in [3.05, 3.63) is 47.5 Å². The second kappa shape index (κ2) is 16.5. The molecule has 0 atom stereocenters. The van der Waals surface area contributed by atoms with Gasteiger partial charge in [-0.1, -0.05) is 24.6 Å². The number of carbonyl (C=O) groups is 2. The number of quaternary nitrogens is 1. The molecule has 0 aliphatic carbocycles. The van der Waals surface area contributed by atoms with E-state index in [2.05, 4.69) is 0 Å². The van der Waals surface area contributed by atoms with Crippen molar-refractivity contribution in [1.82, 2.24) is 4.90 Å². The van der Waals surface area contributed by atoms with E-state index in [1.165, 1.54) is 4.90 Å². The van der Waals surface area contributed by atoms with Gasteiger partial charge < -0.3 is 22.7 Å². The highest BCUT2D eigenvalue weighted by Crippen LogP contribution is 2.21. The maximum atomic E-state index is 12.2. The van der Waals surface area contributed by atoms with Crippen LogP contribution in [0, 0.1) is 0 Å². The van der Waals surface area contributed by atoms with Crippen molar-refractivity contribution in [1.29, 1.82) is 0 Å². The summed E-state index contributed by atoms with van der Waals surface area (Å²) in [5, 5.41) is 0. The number of imide groups is 1. The Hall–Kier alpha value is -0.140. The van der Waals surface area contributed by atoms with Gasteiger partial charge in [0.25, 0.3) is 11.8 Å². The molecule has 0 aromatic heterocycles. The average molecular weight is 669 g/mol. The zero-order valence-corrected chi connectivity index (χ0v) is 22.9. The van der Waals surface area contributed by atoms with Crippen molar-refractivity contribution in [2.75, 3.05) is 26.2 Å². The van der Waals surface area contributed by atoms with Crippen molar-refractivity contribution < 1.29 is 31.3 Å². The molecule has 168 valence electrons. The third kappa shape index (κ3) is 10.1. The highest BCUT2D eigenvalue weighted by Gasteiger charge is 2.34. The first-order chi connectivity index (χ1) is 12.0. The molecule has 1 aliphatic heterocycles. The van der Waals surface area contributed by atoms with E-state index in [9.17, 15) is 9.59 Å². The molecule has 1 aliphatic rings. The summed E-state index contributed by atoms with van der Waals surface area (Å²) >= 11 is 0. The van der Waals surface area contributed by atoms with Crippen LogP contribution in [0.1, 0.15) is 46.4 Å². The zero-order chi connectivity index (χ0) is 18.3. The van der Waals surface area contributed by atoms with Gasteiger partial charge in [-0.05, 0) is 37.6 Å². The zero-order valence-electron chi connectivity index (χ0n) is 16.2. The smallest absolute Gasteiger partial charge is 0.261 e. The van der Waals surface area contributed by atoms with Crippen LogP contribution in [0.2, 0.25) is 0 Å². The third-order valence-corrected chi connectivity index (χ3v) is 4.31. The Bertz CT molecular complexity index is 624. The SMILES string of the molecule is Br.Br.Br.NCCCCCC[N+](N)(N)CC=CCN1C(=O)c2ccccc2C1=O.[Br-]. The lowest BCUT2D eigenvalue weighted by molar-refractivity contribution is -0.946. The first kappa shape index (κ1) is 33.5. The molecule has 11 heteroatoms. The minimum Gasteiger partial charge on any atom is -1.00 e. The van der Waals surface area contributed by atoms with E-state index in [-0.39, 0.29) is 91.0 Å². The van der Waals surface area contributed by atoms with Gasteiger partial charge in [-0.15, -0.1) is 50.9 Å². The summed E-state index contributed by atoms with van der Waals surface area (Å²) in [6, 6.07) is 6.86. The van der Waals surface area contributed by atoms with Crippen LogP contribution in [0.15, 0.2) is 36.4 Å². The Labute approximate surface area is 214 Å². The topological polar surface area (TPSA) is 115 Å². The number of halogens is 4. The fourth-order valence-electron chi connectivity index (χ4n) is 2.85. The lowest BCUT2D eigenvalue weighted by Gasteiger charge is -2.25. The summed E-state index contributed by atoms with van der Waals surface area (Å²) in [6.07, 6.45) is 7.71. The molecule has 0 bridgehead atoms. The lowest BCUT2D eigenvalue weighted by atomic mass is 10.1. The van der Waals surface area contributed by atoms with Crippen LogP contribution in [-0.4, -0.2) is 47.6 Å². The molecule has 1 aromatic rings. The van der Waals surface area contributed by atoms with Gasteiger partial charge >= 0.3 is 0 Å². The molecule has 6 N–H and O–H groups in total. The molecule has 1 aromatic carbocycles. The monoisotopic (exact) mass is 665 g/mol. The van der Waals surface area contributed by atoms with E-state index in [0.29, 0.717) is 30.8 Å². The number of nitrogens with zero attached hydrogens (tertiary/aromatic N) is 2. The predicted molar refractivity (Wildman–Crippen MR) is 128 cm³/mol. The molecule has 0 saturated heterocycles. The van der Waals surface area contributed by atoms with Crippen LogP contribution in [0.3, 0.4) is 0 Å². The molecular weight excluding hydrogens is 638 g/mol. The number of hydrogen-bond acceptors (Lipinski definition) is 5. The fourth-order valence-corrected chi connectivity index (χ4v) is 2.85. The Balaban J connectivity index is -0.00000169. The van der Waals surface area contributed by atoms with E-state index in [0.717, 1.165) is 25.7 Å². The first-order valence-corrected chi connectivity index (χ1v) is 8.71. The van der Waals surface area contributed by atoms with Crippen molar-refractivity contribution >= 4 is 62.8 Å². The number of carbonyl (C=O) groups excluding carboxylic acids is 2. The molecule has 0 unspecified atom stereocenters. The van der Waals surface area contributed by atoms with Crippen LogP contribution in [0.25, 0.3) is 0 Å². The van der Waals surface area contributed by atoms with Gasteiger partial charge in [-0.25, -0.2) is 0 Å². The number of amides is 2. The molecule has 0 fully saturated rings. The molecular formula is C18H31Br4N5O2. The van der Waals surface area contributed by atoms with Gasteiger partial charge in [0.2, 0.25) is 0 Å². The third-order valence-electron chi connectivity index (χ3n) is 4.31. The normalized spacial score (nSPS) is 12.6. The summed E-state index contributed by atoms with van der Waals surface area (Å²) in [4.78, 5) is 25.7. The molecule has 29 heavy (non-hydrogen) atoms. The Morgan fingerprint density at radius 3 is 1.90 bits per heavy atom. The number of nitrogens with two attached hydrogens (primary N) is 3. The van der Waals surface area contributed by atoms with Crippen LogP contribution in [-0.2, 0) is 0 Å². The van der Waals surface area contributed by atoms with Crippen LogP contribution < -0.4 is 34.4 Å². The highest BCUT2D eigenvalue weighted by molar-refractivity contribution is 8.93. The largest absolute Gasteiger partial charge is 1.00 e. The molecule has 0 saturated carbocycles. The van der Waals surface area contributed by atoms with Crippen LogP contribution >= 0.6 is 50.9 Å². The molecule has 0 radical (unpaired) electrons. The minimum absolute atomic E-state index is 0. The number of hydrogen-bond donors (Lipinski definition) is 3. The quantitative estimate of drug-likeness (QED) is 0.0789. The highest BCUT2D eigenvalue weighted by atomic mass is 79.9.